The maximum atomic E-state index is 13.0. The van der Waals surface area contributed by atoms with E-state index in [4.69, 9.17) is 5.73 Å². The summed E-state index contributed by atoms with van der Waals surface area (Å²) in [5.74, 6) is 0.297. The van der Waals surface area contributed by atoms with Gasteiger partial charge in [0, 0.05) is 5.54 Å². The lowest BCUT2D eigenvalue weighted by atomic mass is 9.77. The fourth-order valence-electron chi connectivity index (χ4n) is 3.52. The zero-order valence-electron chi connectivity index (χ0n) is 15.7. The molecule has 2 N–H and O–H groups in total. The third-order valence-corrected chi connectivity index (χ3v) is 6.46. The van der Waals surface area contributed by atoms with Gasteiger partial charge >= 0.3 is 0 Å². The molecule has 0 saturated heterocycles. The summed E-state index contributed by atoms with van der Waals surface area (Å²) in [6.07, 6.45) is 11.9. The molecule has 0 spiro atoms. The Labute approximate surface area is 157 Å². The van der Waals surface area contributed by atoms with Crippen molar-refractivity contribution in [1.29, 1.82) is 0 Å². The fraction of sp³-hybridized carbons (Fsp3) is 0.364. The minimum Gasteiger partial charge on any atom is -0.326 e. The highest BCUT2D eigenvalue weighted by Crippen LogP contribution is 2.38. The quantitative estimate of drug-likeness (QED) is 0.699. The number of fused-ring (bicyclic) bond motifs is 1. The number of sulfone groups is 1. The lowest BCUT2D eigenvalue weighted by Gasteiger charge is -2.31. The van der Waals surface area contributed by atoms with Crippen LogP contribution < -0.4 is 5.73 Å². The van der Waals surface area contributed by atoms with Gasteiger partial charge in [-0.3, -0.25) is 0 Å². The van der Waals surface area contributed by atoms with E-state index in [9.17, 15) is 8.42 Å². The molecule has 0 amide bonds. The molecule has 0 aliphatic heterocycles. The second-order valence-electron chi connectivity index (χ2n) is 7.54. The van der Waals surface area contributed by atoms with Crippen LogP contribution in [0.3, 0.4) is 0 Å². The van der Waals surface area contributed by atoms with Crippen LogP contribution in [-0.2, 0) is 16.3 Å². The molecule has 0 saturated carbocycles. The molecule has 1 aromatic carbocycles. The van der Waals surface area contributed by atoms with Crippen LogP contribution in [0.15, 0.2) is 71.5 Å². The Morgan fingerprint density at radius 3 is 2.65 bits per heavy atom. The maximum absolute atomic E-state index is 13.0. The van der Waals surface area contributed by atoms with Crippen LogP contribution in [0.5, 0.6) is 0 Å². The second-order valence-corrected chi connectivity index (χ2v) is 9.49. The predicted molar refractivity (Wildman–Crippen MR) is 110 cm³/mol. The third kappa shape index (κ3) is 4.83. The summed E-state index contributed by atoms with van der Waals surface area (Å²) in [6, 6.07) is 5.51. The van der Waals surface area contributed by atoms with Gasteiger partial charge in [0.15, 0.2) is 0 Å². The van der Waals surface area contributed by atoms with E-state index in [1.54, 1.807) is 30.4 Å². The summed E-state index contributed by atoms with van der Waals surface area (Å²) in [5, 5.41) is 0. The van der Waals surface area contributed by atoms with Crippen molar-refractivity contribution >= 4 is 9.84 Å². The first-order valence-electron chi connectivity index (χ1n) is 8.97. The molecule has 1 aliphatic rings. The number of hydrogen-bond acceptors (Lipinski definition) is 3. The molecule has 140 valence electrons. The molecule has 0 aromatic heterocycles. The van der Waals surface area contributed by atoms with E-state index in [1.807, 2.05) is 26.0 Å². The molecule has 1 aromatic rings. The molecule has 2 rings (SSSR count). The first kappa shape index (κ1) is 20.4. The summed E-state index contributed by atoms with van der Waals surface area (Å²) in [6.45, 7) is 11.3. The van der Waals surface area contributed by atoms with Gasteiger partial charge in [0.05, 0.1) is 9.80 Å². The van der Waals surface area contributed by atoms with Crippen LogP contribution in [0.25, 0.3) is 0 Å². The smallest absolute Gasteiger partial charge is 0.206 e. The maximum Gasteiger partial charge on any atom is 0.206 e. The average Bonchev–Trinajstić information content (AvgIpc) is 2.57. The molecule has 0 bridgehead atoms. The van der Waals surface area contributed by atoms with Gasteiger partial charge in [0.25, 0.3) is 0 Å². The van der Waals surface area contributed by atoms with E-state index >= 15 is 0 Å². The van der Waals surface area contributed by atoms with Crippen LogP contribution in [0.1, 0.15) is 50.2 Å². The normalized spacial score (nSPS) is 18.6. The Bertz CT molecular complexity index is 839. The van der Waals surface area contributed by atoms with Crippen molar-refractivity contribution in [3.05, 3.63) is 77.8 Å². The summed E-state index contributed by atoms with van der Waals surface area (Å²) in [7, 11) is -3.61. The van der Waals surface area contributed by atoms with Gasteiger partial charge in [0.1, 0.15) is 0 Å². The molecule has 4 heteroatoms. The topological polar surface area (TPSA) is 60.2 Å². The lowest BCUT2D eigenvalue weighted by molar-refractivity contribution is 0.393. The van der Waals surface area contributed by atoms with Crippen LogP contribution >= 0.6 is 0 Å². The summed E-state index contributed by atoms with van der Waals surface area (Å²) in [5.41, 5.74) is 8.31. The largest absolute Gasteiger partial charge is 0.326 e. The third-order valence-electron chi connectivity index (χ3n) is 4.66. The van der Waals surface area contributed by atoms with Crippen molar-refractivity contribution in [2.45, 2.75) is 55.9 Å². The van der Waals surface area contributed by atoms with E-state index in [-0.39, 0.29) is 10.4 Å². The highest BCUT2D eigenvalue weighted by molar-refractivity contribution is 7.95. The van der Waals surface area contributed by atoms with Gasteiger partial charge in [-0.05, 0) is 74.8 Å². The molecular weight excluding hydrogens is 342 g/mol. The molecule has 3 nitrogen and oxygen atoms in total. The van der Waals surface area contributed by atoms with E-state index in [0.29, 0.717) is 10.8 Å². The molecule has 26 heavy (non-hydrogen) atoms. The molecule has 0 fully saturated rings. The van der Waals surface area contributed by atoms with Gasteiger partial charge in [0.2, 0.25) is 9.84 Å². The number of hydrogen-bond donors (Lipinski definition) is 1. The van der Waals surface area contributed by atoms with E-state index in [1.165, 1.54) is 11.6 Å². The first-order valence-corrected chi connectivity index (χ1v) is 10.5. The van der Waals surface area contributed by atoms with Gasteiger partial charge in [-0.1, -0.05) is 43.5 Å². The number of aryl methyl sites for hydroxylation is 1. The zero-order chi connectivity index (χ0) is 19.4. The van der Waals surface area contributed by atoms with Crippen molar-refractivity contribution in [3.63, 3.8) is 0 Å². The van der Waals surface area contributed by atoms with Gasteiger partial charge in [-0.15, -0.1) is 0 Å². The van der Waals surface area contributed by atoms with Gasteiger partial charge < -0.3 is 5.73 Å². The monoisotopic (exact) mass is 371 g/mol. The minimum atomic E-state index is -3.61. The molecular formula is C22H29NO2S. The number of benzene rings is 1. The number of allylic oxidation sites excluding steroid dienone is 5. The number of nitrogens with two attached hydrogens (primary N) is 1. The predicted octanol–water partition coefficient (Wildman–Crippen LogP) is 4.82. The van der Waals surface area contributed by atoms with Gasteiger partial charge in [-0.25, -0.2) is 8.42 Å². The Balaban J connectivity index is 2.47. The summed E-state index contributed by atoms with van der Waals surface area (Å²) in [4.78, 5) is 0.498. The lowest BCUT2D eigenvalue weighted by Crippen LogP contribution is -2.34. The molecule has 1 atom stereocenters. The Kier molecular flexibility index (Phi) is 6.43. The molecule has 0 heterocycles. The minimum absolute atomic E-state index is 0.182. The standard InChI is InChI=1S/C22H29NO2S/c1-5-7-8-12-19(6-2)26(24,25)20-14-13-17-10-9-11-18(21(17)15-20)16-22(3,4)23/h5-8,12-15,18H,1-2,9-11,16,23H2,3-4H3/b8-7-,19-12+. The Morgan fingerprint density at radius 1 is 1.31 bits per heavy atom. The summed E-state index contributed by atoms with van der Waals surface area (Å²) >= 11 is 0. The Morgan fingerprint density at radius 2 is 2.04 bits per heavy atom. The summed E-state index contributed by atoms with van der Waals surface area (Å²) < 4.78 is 26.0. The van der Waals surface area contributed by atoms with E-state index in [2.05, 4.69) is 13.2 Å². The molecule has 0 radical (unpaired) electrons. The van der Waals surface area contributed by atoms with Crippen molar-refractivity contribution in [1.82, 2.24) is 0 Å². The van der Waals surface area contributed by atoms with Crippen LogP contribution in [0.4, 0.5) is 0 Å². The van der Waals surface area contributed by atoms with Crippen molar-refractivity contribution in [2.24, 2.45) is 5.73 Å². The van der Waals surface area contributed by atoms with Crippen LogP contribution in [0, 0.1) is 0 Å². The van der Waals surface area contributed by atoms with E-state index < -0.39 is 9.84 Å². The van der Waals surface area contributed by atoms with Crippen molar-refractivity contribution in [2.75, 3.05) is 0 Å². The SMILES string of the molecule is C=C/C=C\C=C(/C=C)S(=O)(=O)c1ccc2c(c1)C(CC(C)(C)N)CCC2. The average molecular weight is 372 g/mol. The second kappa shape index (κ2) is 8.19. The highest BCUT2D eigenvalue weighted by Gasteiger charge is 2.27. The van der Waals surface area contributed by atoms with Crippen molar-refractivity contribution in [3.8, 4) is 0 Å². The van der Waals surface area contributed by atoms with E-state index in [0.717, 1.165) is 31.2 Å². The molecule has 1 unspecified atom stereocenters. The first-order chi connectivity index (χ1) is 12.2. The fourth-order valence-corrected chi connectivity index (χ4v) is 4.80. The molecule has 1 aliphatic carbocycles. The van der Waals surface area contributed by atoms with Gasteiger partial charge in [-0.2, -0.15) is 0 Å². The number of rotatable bonds is 7. The Hall–Kier alpha value is -1.91. The van der Waals surface area contributed by atoms with Crippen LogP contribution in [-0.4, -0.2) is 14.0 Å². The zero-order valence-corrected chi connectivity index (χ0v) is 16.6. The van der Waals surface area contributed by atoms with Crippen LogP contribution in [0.2, 0.25) is 0 Å². The van der Waals surface area contributed by atoms with Crippen molar-refractivity contribution < 1.29 is 8.42 Å². The highest BCUT2D eigenvalue weighted by atomic mass is 32.2.